The van der Waals surface area contributed by atoms with E-state index < -0.39 is 47.3 Å². The maximum Gasteiger partial charge on any atom is 0.268 e. The number of benzene rings is 3. The van der Waals surface area contributed by atoms with Crippen LogP contribution in [0, 0.1) is 28.8 Å². The van der Waals surface area contributed by atoms with Crippen molar-refractivity contribution in [2.75, 3.05) is 5.32 Å². The molecule has 1 aliphatic rings. The second kappa shape index (κ2) is 11.3. The smallest absolute Gasteiger partial charge is 0.268 e. The predicted octanol–water partition coefficient (Wildman–Crippen LogP) is 4.71. The summed E-state index contributed by atoms with van der Waals surface area (Å²) >= 11 is 6.08. The summed E-state index contributed by atoms with van der Waals surface area (Å²) in [5.41, 5.74) is 1.11. The number of rotatable bonds is 8. The summed E-state index contributed by atoms with van der Waals surface area (Å²) in [6.45, 7) is 0. The van der Waals surface area contributed by atoms with E-state index in [2.05, 4.69) is 20.9 Å². The van der Waals surface area contributed by atoms with Crippen LogP contribution in [-0.4, -0.2) is 34.8 Å². The molecule has 12 heteroatoms. The summed E-state index contributed by atoms with van der Waals surface area (Å²) in [4.78, 5) is 41.7. The van der Waals surface area contributed by atoms with Gasteiger partial charge in [-0.2, -0.15) is 5.26 Å². The lowest BCUT2D eigenvalue weighted by molar-refractivity contribution is -0.124. The lowest BCUT2D eigenvalue weighted by atomic mass is 9.93. The second-order valence-corrected chi connectivity index (χ2v) is 9.99. The molecule has 5 rings (SSSR count). The number of nitriles is 1. The zero-order valence-electron chi connectivity index (χ0n) is 21.1. The van der Waals surface area contributed by atoms with Crippen molar-refractivity contribution in [2.45, 2.75) is 30.8 Å². The van der Waals surface area contributed by atoms with Gasteiger partial charge in [0.15, 0.2) is 0 Å². The van der Waals surface area contributed by atoms with Gasteiger partial charge in [-0.15, -0.1) is 0 Å². The van der Waals surface area contributed by atoms with Crippen LogP contribution in [0.3, 0.4) is 0 Å². The molecule has 0 radical (unpaired) electrons. The fraction of sp³-hybridized carbons (Fsp3) is 0.172. The molecule has 0 aliphatic carbocycles. The average molecular weight is 580 g/mol. The third-order valence-corrected chi connectivity index (χ3v) is 7.04. The van der Waals surface area contributed by atoms with E-state index >= 15 is 0 Å². The first kappa shape index (κ1) is 27.7. The summed E-state index contributed by atoms with van der Waals surface area (Å²) < 4.78 is 42.3. The van der Waals surface area contributed by atoms with Gasteiger partial charge in [0.1, 0.15) is 35.2 Å². The fourth-order valence-electron chi connectivity index (χ4n) is 4.79. The van der Waals surface area contributed by atoms with Crippen LogP contribution in [0.15, 0.2) is 60.7 Å². The predicted molar refractivity (Wildman–Crippen MR) is 145 cm³/mol. The van der Waals surface area contributed by atoms with Crippen molar-refractivity contribution in [3.05, 3.63) is 100.0 Å². The number of carbonyl (C=O) groups excluding carboxylic acids is 3. The molecule has 1 aromatic heterocycles. The molecule has 3 unspecified atom stereocenters. The maximum absolute atomic E-state index is 14.5. The van der Waals surface area contributed by atoms with E-state index in [-0.39, 0.29) is 40.9 Å². The Kier molecular flexibility index (Phi) is 7.68. The number of aromatic nitrogens is 1. The Morgan fingerprint density at radius 3 is 2.56 bits per heavy atom. The van der Waals surface area contributed by atoms with Gasteiger partial charge in [0.25, 0.3) is 5.91 Å². The van der Waals surface area contributed by atoms with Crippen molar-refractivity contribution < 1.29 is 27.6 Å². The Labute approximate surface area is 236 Å². The number of halogens is 4. The van der Waals surface area contributed by atoms with E-state index in [0.717, 1.165) is 12.1 Å². The number of anilines is 1. The number of nitrogens with one attached hydrogen (secondary N) is 4. The molecule has 0 saturated carbocycles. The number of hydrogen-bond acceptors (Lipinski definition) is 4. The van der Waals surface area contributed by atoms with Gasteiger partial charge >= 0.3 is 0 Å². The lowest BCUT2D eigenvalue weighted by Gasteiger charge is -2.22. The number of H-pyrrole nitrogens is 1. The van der Waals surface area contributed by atoms with Crippen molar-refractivity contribution in [3.63, 3.8) is 0 Å². The molecule has 4 aromatic rings. The molecule has 208 valence electrons. The number of aromatic amines is 1. The molecule has 4 N–H and O–H groups in total. The third-order valence-electron chi connectivity index (χ3n) is 6.81. The molecule has 0 bridgehead atoms. The quantitative estimate of drug-likeness (QED) is 0.241. The van der Waals surface area contributed by atoms with Gasteiger partial charge in [-0.05, 0) is 53.9 Å². The minimum absolute atomic E-state index is 0.0301. The molecule has 0 fully saturated rings. The van der Waals surface area contributed by atoms with Crippen LogP contribution in [0.1, 0.15) is 34.0 Å². The summed E-state index contributed by atoms with van der Waals surface area (Å²) in [7, 11) is 0. The van der Waals surface area contributed by atoms with Crippen molar-refractivity contribution in [2.24, 2.45) is 0 Å². The normalized spacial score (nSPS) is 15.5. The van der Waals surface area contributed by atoms with E-state index in [1.54, 1.807) is 24.3 Å². The highest BCUT2D eigenvalue weighted by Gasteiger charge is 2.34. The zero-order chi connectivity index (χ0) is 29.3. The molecule has 0 spiro atoms. The average Bonchev–Trinajstić information content (AvgIpc) is 3.50. The molecule has 8 nitrogen and oxygen atoms in total. The van der Waals surface area contributed by atoms with Crippen LogP contribution in [0.4, 0.5) is 18.9 Å². The molecular formula is C29H21ClF3N5O3. The van der Waals surface area contributed by atoms with Gasteiger partial charge in [0.2, 0.25) is 11.8 Å². The summed E-state index contributed by atoms with van der Waals surface area (Å²) in [5.74, 6) is -5.13. The van der Waals surface area contributed by atoms with E-state index in [1.165, 1.54) is 18.2 Å². The van der Waals surface area contributed by atoms with Gasteiger partial charge in [0, 0.05) is 28.6 Å². The standard InChI is InChI=1S/C29H21ClF3N5O3/c30-15-5-6-23-18(8-15)19(27(39)37-23)11-17(13-34)35-28(40)25(7-14-3-1-2-4-21(14)32)38-29(41)26-12-20-22(33)9-16(31)10-24(20)36-26/h1-6,8-10,12,17,19,25,36H,7,11H2,(H,35,40)(H,37,39)(H,38,41). The largest absolute Gasteiger partial charge is 0.350 e. The molecule has 2 heterocycles. The van der Waals surface area contributed by atoms with Gasteiger partial charge in [-0.1, -0.05) is 29.8 Å². The fourth-order valence-corrected chi connectivity index (χ4v) is 4.98. The molecule has 3 atom stereocenters. The first-order valence-corrected chi connectivity index (χ1v) is 12.8. The highest BCUT2D eigenvalue weighted by atomic mass is 35.5. The minimum Gasteiger partial charge on any atom is -0.350 e. The van der Waals surface area contributed by atoms with E-state index in [4.69, 9.17) is 11.6 Å². The van der Waals surface area contributed by atoms with Crippen LogP contribution < -0.4 is 16.0 Å². The Balaban J connectivity index is 1.37. The highest BCUT2D eigenvalue weighted by molar-refractivity contribution is 6.31. The maximum atomic E-state index is 14.5. The second-order valence-electron chi connectivity index (χ2n) is 9.55. The number of nitrogens with zero attached hydrogens (tertiary/aromatic N) is 1. The third kappa shape index (κ3) is 5.88. The van der Waals surface area contributed by atoms with Gasteiger partial charge in [-0.25, -0.2) is 13.2 Å². The summed E-state index contributed by atoms with van der Waals surface area (Å²) in [6, 6.07) is 12.8. The summed E-state index contributed by atoms with van der Waals surface area (Å²) in [5, 5.41) is 17.9. The monoisotopic (exact) mass is 579 g/mol. The van der Waals surface area contributed by atoms with Gasteiger partial charge < -0.3 is 20.9 Å². The molecule has 1 aliphatic heterocycles. The van der Waals surface area contributed by atoms with Crippen molar-refractivity contribution >= 4 is 45.9 Å². The molecular weight excluding hydrogens is 559 g/mol. The van der Waals surface area contributed by atoms with Crippen LogP contribution in [0.5, 0.6) is 0 Å². The van der Waals surface area contributed by atoms with Crippen LogP contribution >= 0.6 is 11.6 Å². The number of carbonyl (C=O) groups is 3. The van der Waals surface area contributed by atoms with Gasteiger partial charge in [-0.3, -0.25) is 14.4 Å². The first-order valence-electron chi connectivity index (χ1n) is 12.4. The van der Waals surface area contributed by atoms with Crippen molar-refractivity contribution in [1.29, 1.82) is 5.26 Å². The Morgan fingerprint density at radius 1 is 1.02 bits per heavy atom. The van der Waals surface area contributed by atoms with E-state index in [0.29, 0.717) is 22.3 Å². The SMILES string of the molecule is N#CC(CC1C(=O)Nc2ccc(Cl)cc21)NC(=O)C(Cc1ccccc1F)NC(=O)c1cc2c(F)cc(F)cc2[nH]1. The van der Waals surface area contributed by atoms with Crippen LogP contribution in [-0.2, 0) is 16.0 Å². The molecule has 3 aromatic carbocycles. The molecule has 3 amide bonds. The van der Waals surface area contributed by atoms with Crippen LogP contribution in [0.2, 0.25) is 5.02 Å². The highest BCUT2D eigenvalue weighted by Crippen LogP contribution is 2.37. The Hall–Kier alpha value is -4.82. The number of amides is 3. The zero-order valence-corrected chi connectivity index (χ0v) is 21.9. The lowest BCUT2D eigenvalue weighted by Crippen LogP contribution is -2.51. The van der Waals surface area contributed by atoms with Crippen LogP contribution in [0.25, 0.3) is 10.9 Å². The van der Waals surface area contributed by atoms with Crippen molar-refractivity contribution in [1.82, 2.24) is 15.6 Å². The molecule has 41 heavy (non-hydrogen) atoms. The Morgan fingerprint density at radius 2 is 1.80 bits per heavy atom. The van der Waals surface area contributed by atoms with Crippen molar-refractivity contribution in [3.8, 4) is 6.07 Å². The topological polar surface area (TPSA) is 127 Å². The Bertz CT molecular complexity index is 1730. The minimum atomic E-state index is -1.37. The van der Waals surface area contributed by atoms with E-state index in [1.807, 2.05) is 6.07 Å². The number of hydrogen-bond donors (Lipinski definition) is 4. The first-order chi connectivity index (χ1) is 19.6. The molecule has 0 saturated heterocycles. The summed E-state index contributed by atoms with van der Waals surface area (Å²) in [6.07, 6.45) is -0.372. The number of fused-ring (bicyclic) bond motifs is 2. The van der Waals surface area contributed by atoms with Gasteiger partial charge in [0.05, 0.1) is 17.5 Å². The van der Waals surface area contributed by atoms with E-state index in [9.17, 15) is 32.8 Å².